The molecule has 2 amide bonds. The van der Waals surface area contributed by atoms with E-state index < -0.39 is 6.29 Å². The van der Waals surface area contributed by atoms with E-state index in [0.29, 0.717) is 31.6 Å². The minimum atomic E-state index is -0.569. The average molecular weight is 675 g/mol. The largest absolute Gasteiger partial charge is 0.392 e. The highest BCUT2D eigenvalue weighted by Crippen LogP contribution is 2.39. The summed E-state index contributed by atoms with van der Waals surface area (Å²) >= 11 is 1.54. The zero-order valence-corrected chi connectivity index (χ0v) is 27.8. The van der Waals surface area contributed by atoms with Gasteiger partial charge < -0.3 is 19.9 Å². The maximum atomic E-state index is 12.4. The van der Waals surface area contributed by atoms with Gasteiger partial charge in [0.15, 0.2) is 6.29 Å². The van der Waals surface area contributed by atoms with Crippen molar-refractivity contribution >= 4 is 23.6 Å². The summed E-state index contributed by atoms with van der Waals surface area (Å²) in [5.74, 6) is 0.274. The second-order valence-electron chi connectivity index (χ2n) is 11.8. The van der Waals surface area contributed by atoms with Crippen LogP contribution in [0, 0.1) is 0 Å². The number of aliphatic hydroxyl groups excluding tert-OH is 1. The van der Waals surface area contributed by atoms with Gasteiger partial charge in [0.1, 0.15) is 0 Å². The van der Waals surface area contributed by atoms with E-state index in [1.54, 1.807) is 21.9 Å². The maximum Gasteiger partial charge on any atom is 0.243 e. The standard InChI is InChI=1S/C35H42N6O6S/c1-41-35(37-39-40-41)48-23-30-20-31(27-13-11-24(22-42)12-14-27)47-34(46-30)28-17-15-26(16-18-28)29-8-6-7-25(19-29)21-36-32(43)9-4-2-3-5-10-33(44)38-45/h6-8,11-19,30-31,34,42,45H,2-5,9-10,20-23H2,1H3,(H,36,43)(H,38,44)/t30-,31+,34+/m0/s1. The Hall–Kier alpha value is -4.14. The highest BCUT2D eigenvalue weighted by molar-refractivity contribution is 7.99. The predicted molar refractivity (Wildman–Crippen MR) is 179 cm³/mol. The summed E-state index contributed by atoms with van der Waals surface area (Å²) in [5.41, 5.74) is 7.50. The van der Waals surface area contributed by atoms with Crippen LogP contribution in [-0.2, 0) is 39.3 Å². The van der Waals surface area contributed by atoms with Gasteiger partial charge in [0.05, 0.1) is 18.8 Å². The van der Waals surface area contributed by atoms with E-state index >= 15 is 0 Å². The molecule has 0 spiro atoms. The van der Waals surface area contributed by atoms with Gasteiger partial charge in [0.2, 0.25) is 17.0 Å². The average Bonchev–Trinajstić information content (AvgIpc) is 3.55. The van der Waals surface area contributed by atoms with Crippen LogP contribution < -0.4 is 10.8 Å². The Bertz CT molecular complexity index is 1620. The Morgan fingerprint density at radius 3 is 2.31 bits per heavy atom. The van der Waals surface area contributed by atoms with Crippen LogP contribution in [-0.4, -0.2) is 54.2 Å². The van der Waals surface area contributed by atoms with Crippen molar-refractivity contribution in [1.29, 1.82) is 0 Å². The number of unbranched alkanes of at least 4 members (excludes halogenated alkanes) is 3. The Labute approximate surface area is 284 Å². The molecule has 1 fully saturated rings. The minimum Gasteiger partial charge on any atom is -0.392 e. The topological polar surface area (TPSA) is 161 Å². The highest BCUT2D eigenvalue weighted by Gasteiger charge is 2.32. The van der Waals surface area contributed by atoms with E-state index in [9.17, 15) is 14.7 Å². The fourth-order valence-corrected chi connectivity index (χ4v) is 6.36. The number of tetrazole rings is 1. The molecule has 3 atom stereocenters. The first-order valence-electron chi connectivity index (χ1n) is 16.2. The number of thioether (sulfide) groups is 1. The number of hydrogen-bond donors (Lipinski definition) is 4. The number of amides is 2. The number of nitrogens with one attached hydrogen (secondary N) is 2. The van der Waals surface area contributed by atoms with Crippen LogP contribution in [0.25, 0.3) is 11.1 Å². The third kappa shape index (κ3) is 10.2. The molecule has 1 aromatic heterocycles. The zero-order chi connectivity index (χ0) is 33.7. The lowest BCUT2D eigenvalue weighted by atomic mass is 9.99. The van der Waals surface area contributed by atoms with E-state index in [1.165, 1.54) is 0 Å². The Morgan fingerprint density at radius 1 is 0.896 bits per heavy atom. The molecule has 0 aliphatic carbocycles. The quantitative estimate of drug-likeness (QED) is 0.0540. The van der Waals surface area contributed by atoms with Gasteiger partial charge in [-0.15, -0.1) is 5.10 Å². The van der Waals surface area contributed by atoms with E-state index in [-0.39, 0.29) is 37.0 Å². The monoisotopic (exact) mass is 674 g/mol. The van der Waals surface area contributed by atoms with Crippen molar-refractivity contribution in [2.75, 3.05) is 5.75 Å². The molecular weight excluding hydrogens is 632 g/mol. The molecule has 1 aliphatic heterocycles. The molecule has 254 valence electrons. The van der Waals surface area contributed by atoms with Gasteiger partial charge in [-0.25, -0.2) is 10.2 Å². The number of benzene rings is 3. The van der Waals surface area contributed by atoms with Crippen molar-refractivity contribution in [3.05, 3.63) is 95.1 Å². The summed E-state index contributed by atoms with van der Waals surface area (Å²) in [5, 5.41) is 33.5. The zero-order valence-electron chi connectivity index (χ0n) is 27.0. The number of hydrogen-bond acceptors (Lipinski definition) is 10. The molecule has 2 heterocycles. The van der Waals surface area contributed by atoms with Crippen LogP contribution in [0.15, 0.2) is 78.0 Å². The second-order valence-corrected chi connectivity index (χ2v) is 12.8. The second kappa shape index (κ2) is 17.9. The van der Waals surface area contributed by atoms with Crippen LogP contribution in [0.3, 0.4) is 0 Å². The van der Waals surface area contributed by atoms with Gasteiger partial charge in [-0.05, 0) is 57.2 Å². The lowest BCUT2D eigenvalue weighted by Crippen LogP contribution is -2.31. The smallest absolute Gasteiger partial charge is 0.243 e. The van der Waals surface area contributed by atoms with E-state index in [1.807, 2.05) is 61.6 Å². The number of aromatic nitrogens is 4. The Kier molecular flexibility index (Phi) is 13.1. The van der Waals surface area contributed by atoms with Crippen molar-refractivity contribution in [3.63, 3.8) is 0 Å². The summed E-state index contributed by atoms with van der Waals surface area (Å²) in [4.78, 5) is 23.4. The maximum absolute atomic E-state index is 12.4. The molecule has 48 heavy (non-hydrogen) atoms. The van der Waals surface area contributed by atoms with E-state index in [4.69, 9.17) is 14.7 Å². The van der Waals surface area contributed by atoms with E-state index in [2.05, 4.69) is 39.0 Å². The fraction of sp³-hybridized carbons (Fsp3) is 0.400. The number of carbonyl (C=O) groups excluding carboxylic acids is 2. The summed E-state index contributed by atoms with van der Waals surface area (Å²) < 4.78 is 14.6. The van der Waals surface area contributed by atoms with Gasteiger partial charge in [0, 0.05) is 44.2 Å². The fourth-order valence-electron chi connectivity index (χ4n) is 5.50. The molecular formula is C35H42N6O6S. The molecule has 12 nitrogen and oxygen atoms in total. The number of hydroxylamine groups is 1. The van der Waals surface area contributed by atoms with Crippen molar-refractivity contribution in [3.8, 4) is 11.1 Å². The Balaban J connectivity index is 1.18. The van der Waals surface area contributed by atoms with Crippen LogP contribution in [0.5, 0.6) is 0 Å². The summed E-state index contributed by atoms with van der Waals surface area (Å²) in [6, 6.07) is 24.1. The number of carbonyl (C=O) groups is 2. The third-order valence-electron chi connectivity index (χ3n) is 8.21. The number of aliphatic hydroxyl groups is 1. The van der Waals surface area contributed by atoms with Gasteiger partial charge in [-0.1, -0.05) is 91.3 Å². The normalized spacial score (nSPS) is 17.6. The van der Waals surface area contributed by atoms with Gasteiger partial charge in [0.25, 0.3) is 0 Å². The third-order valence-corrected chi connectivity index (χ3v) is 9.35. The molecule has 0 bridgehead atoms. The van der Waals surface area contributed by atoms with Crippen LogP contribution in [0.4, 0.5) is 0 Å². The molecule has 1 saturated heterocycles. The molecule has 5 rings (SSSR count). The molecule has 0 unspecified atom stereocenters. The molecule has 0 saturated carbocycles. The number of rotatable bonds is 16. The molecule has 4 N–H and O–H groups in total. The lowest BCUT2D eigenvalue weighted by Gasteiger charge is -2.36. The van der Waals surface area contributed by atoms with Gasteiger partial charge in [-0.2, -0.15) is 0 Å². The van der Waals surface area contributed by atoms with E-state index in [0.717, 1.165) is 57.8 Å². The SMILES string of the molecule is Cn1nnnc1SC[C@@H]1C[C@H](c2ccc(CO)cc2)O[C@H](c2ccc(-c3cccc(CNC(=O)CCCCCCC(=O)NO)c3)cc2)O1. The summed E-state index contributed by atoms with van der Waals surface area (Å²) in [6.07, 6.45) is 3.65. The lowest BCUT2D eigenvalue weighted by molar-refractivity contribution is -0.245. The van der Waals surface area contributed by atoms with Crippen LogP contribution >= 0.6 is 11.8 Å². The van der Waals surface area contributed by atoms with Crippen molar-refractivity contribution in [1.82, 2.24) is 31.0 Å². The number of aryl methyl sites for hydroxylation is 1. The van der Waals surface area contributed by atoms with Crippen LogP contribution in [0.2, 0.25) is 0 Å². The number of nitrogens with zero attached hydrogens (tertiary/aromatic N) is 4. The van der Waals surface area contributed by atoms with Crippen molar-refractivity contribution in [2.45, 2.75) is 81.8 Å². The molecule has 4 aromatic rings. The predicted octanol–water partition coefficient (Wildman–Crippen LogP) is 5.17. The Morgan fingerprint density at radius 2 is 1.62 bits per heavy atom. The van der Waals surface area contributed by atoms with Crippen molar-refractivity contribution in [2.24, 2.45) is 7.05 Å². The minimum absolute atomic E-state index is 0.00191. The van der Waals surface area contributed by atoms with Gasteiger partial charge in [-0.3, -0.25) is 14.8 Å². The molecule has 3 aromatic carbocycles. The molecule has 13 heteroatoms. The summed E-state index contributed by atoms with van der Waals surface area (Å²) in [7, 11) is 1.81. The highest BCUT2D eigenvalue weighted by atomic mass is 32.2. The van der Waals surface area contributed by atoms with Gasteiger partial charge >= 0.3 is 0 Å². The summed E-state index contributed by atoms with van der Waals surface area (Å²) in [6.45, 7) is 0.430. The first kappa shape index (κ1) is 35.2. The molecule has 0 radical (unpaired) electrons. The number of ether oxygens (including phenoxy) is 2. The van der Waals surface area contributed by atoms with Crippen molar-refractivity contribution < 1.29 is 29.4 Å². The van der Waals surface area contributed by atoms with Crippen LogP contribution in [0.1, 0.15) is 79.6 Å². The molecule has 1 aliphatic rings. The first-order chi connectivity index (χ1) is 23.4. The first-order valence-corrected chi connectivity index (χ1v) is 17.1.